The monoisotopic (exact) mass is 792 g/mol. The van der Waals surface area contributed by atoms with Crippen LogP contribution in [0.4, 0.5) is 57.1 Å². The van der Waals surface area contributed by atoms with Crippen LogP contribution in [0, 0.1) is 99.7 Å². The molecule has 0 fully saturated rings. The number of hydrogen-bond acceptors (Lipinski definition) is 3. The van der Waals surface area contributed by atoms with Crippen LogP contribution in [0.5, 0.6) is 0 Å². The van der Waals surface area contributed by atoms with Crippen LogP contribution >= 0.6 is 7.92 Å². The summed E-state index contributed by atoms with van der Waals surface area (Å²) in [6.45, 7) is 9.59. The molecule has 0 aliphatic carbocycles. The molecule has 282 valence electrons. The average Bonchev–Trinajstić information content (AvgIpc) is 3.01. The number of rotatable bonds is 8. The molecule has 0 aromatic heterocycles. The quantitative estimate of drug-likeness (QED) is 0.0461. The molecule has 4 rings (SSSR count). The van der Waals surface area contributed by atoms with E-state index in [0.717, 1.165) is 0 Å². The molecule has 0 aliphatic rings. The molecule has 0 N–H and O–H groups in total. The molecular weight excluding hydrogens is 765 g/mol. The van der Waals surface area contributed by atoms with Gasteiger partial charge in [0.1, 0.15) is 23.3 Å². The highest BCUT2D eigenvalue weighted by atomic mass is 32.2. The van der Waals surface area contributed by atoms with Crippen molar-refractivity contribution < 1.29 is 69.6 Å². The highest BCUT2D eigenvalue weighted by molar-refractivity contribution is 7.89. The molecule has 0 heterocycles. The smallest absolute Gasteiger partial charge is 0.466 e. The summed E-state index contributed by atoms with van der Waals surface area (Å²) < 4.78 is 226. The van der Waals surface area contributed by atoms with E-state index in [-0.39, 0.29) is 32.9 Å². The molecule has 0 amide bonds. The maximum Gasteiger partial charge on any atom is 0.519 e. The summed E-state index contributed by atoms with van der Waals surface area (Å²) in [6, 6.07) is 5.99. The minimum atomic E-state index is -7.49. The number of hydrogen-bond donors (Lipinski definition) is 0. The fraction of sp³-hybridized carbons (Fsp3) is 0.273. The molecule has 0 bridgehead atoms. The molecular formula is C33H27BF13O3PS. The molecule has 4 aromatic rings. The summed E-state index contributed by atoms with van der Waals surface area (Å²) in [5, 5.41) is 0.121. The predicted octanol–water partition coefficient (Wildman–Crippen LogP) is 7.65. The fourth-order valence-electron chi connectivity index (χ4n) is 7.10. The molecule has 0 aliphatic heterocycles. The first kappa shape index (κ1) is 41.1. The summed E-state index contributed by atoms with van der Waals surface area (Å²) >= 11 is 0. The Morgan fingerprint density at radius 1 is 0.538 bits per heavy atom. The van der Waals surface area contributed by atoms with Crippen LogP contribution in [0.3, 0.4) is 0 Å². The highest BCUT2D eigenvalue weighted by Crippen LogP contribution is 2.49. The molecule has 0 saturated heterocycles. The minimum absolute atomic E-state index is 0.0603. The van der Waals surface area contributed by atoms with Gasteiger partial charge in [-0.25, -0.2) is 43.9 Å². The summed E-state index contributed by atoms with van der Waals surface area (Å²) in [5.41, 5.74) is -12.5. The molecule has 0 saturated carbocycles. The van der Waals surface area contributed by atoms with Crippen LogP contribution in [-0.2, 0) is 14.2 Å². The third-order valence-electron chi connectivity index (χ3n) is 8.96. The van der Waals surface area contributed by atoms with Crippen molar-refractivity contribution in [3.8, 4) is 0 Å². The molecule has 4 aromatic carbocycles. The maximum absolute atomic E-state index is 16.1. The molecule has 19 heteroatoms. The first-order valence-electron chi connectivity index (χ1n) is 15.0. The lowest BCUT2D eigenvalue weighted by atomic mass is 9.29. The van der Waals surface area contributed by atoms with Crippen LogP contribution in [0.25, 0.3) is 0 Å². The van der Waals surface area contributed by atoms with Gasteiger partial charge in [-0.3, -0.25) is 0 Å². The SMILES string of the molecule is Cc1cc(C)c([PH+](c2c(C)cc(C)cc2C)[C@H](C)[B-](OS(=O)(=O)C(F)(F)F)(c2c(F)c(F)c(F)c(F)c2F)c2c(F)c(F)c(F)c(F)c2F)c(C)c1. The van der Waals surface area contributed by atoms with Gasteiger partial charge in [0.2, 0.25) is 6.35 Å². The van der Waals surface area contributed by atoms with Crippen LogP contribution in [0.1, 0.15) is 40.3 Å². The van der Waals surface area contributed by atoms with E-state index in [2.05, 4.69) is 4.10 Å². The summed E-state index contributed by atoms with van der Waals surface area (Å²) in [7, 11) is -11.0. The van der Waals surface area contributed by atoms with E-state index in [1.807, 2.05) is 0 Å². The van der Waals surface area contributed by atoms with Crippen molar-refractivity contribution in [2.24, 2.45) is 0 Å². The van der Waals surface area contributed by atoms with E-state index in [0.29, 0.717) is 18.1 Å². The van der Waals surface area contributed by atoms with Gasteiger partial charge >= 0.3 is 15.6 Å². The second-order valence-electron chi connectivity index (χ2n) is 12.6. The van der Waals surface area contributed by atoms with Crippen molar-refractivity contribution in [2.45, 2.75) is 59.5 Å². The second kappa shape index (κ2) is 14.0. The third-order valence-corrected chi connectivity index (χ3v) is 14.1. The van der Waals surface area contributed by atoms with Crippen molar-refractivity contribution in [3.05, 3.63) is 116 Å². The van der Waals surface area contributed by atoms with Crippen molar-refractivity contribution in [1.82, 2.24) is 0 Å². The highest BCUT2D eigenvalue weighted by Gasteiger charge is 2.59. The Morgan fingerprint density at radius 2 is 0.788 bits per heavy atom. The maximum atomic E-state index is 16.1. The number of benzene rings is 4. The van der Waals surface area contributed by atoms with E-state index in [9.17, 15) is 30.4 Å². The summed E-state index contributed by atoms with van der Waals surface area (Å²) in [5.74, 6) is -30.3. The topological polar surface area (TPSA) is 43.4 Å². The Labute approximate surface area is 290 Å². The van der Waals surface area contributed by atoms with Crippen LogP contribution in [-0.4, -0.2) is 25.8 Å². The number of alkyl halides is 3. The van der Waals surface area contributed by atoms with Crippen LogP contribution < -0.4 is 21.5 Å². The lowest BCUT2D eigenvalue weighted by Gasteiger charge is -2.46. The van der Waals surface area contributed by atoms with E-state index >= 15 is 35.1 Å². The summed E-state index contributed by atoms with van der Waals surface area (Å²) in [6.07, 6.45) is -5.99. The average molecular weight is 792 g/mol. The minimum Gasteiger partial charge on any atom is -0.466 e. The Morgan fingerprint density at radius 3 is 1.04 bits per heavy atom. The molecule has 3 nitrogen and oxygen atoms in total. The Kier molecular flexibility index (Phi) is 11.1. The van der Waals surface area contributed by atoms with Crippen LogP contribution in [0.15, 0.2) is 24.3 Å². The molecule has 0 unspecified atom stereocenters. The fourth-order valence-corrected chi connectivity index (χ4v) is 12.1. The van der Waals surface area contributed by atoms with Gasteiger partial charge in [-0.15, -0.1) is 0 Å². The first-order valence-corrected chi connectivity index (χ1v) is 18.0. The largest absolute Gasteiger partial charge is 0.519 e. The lowest BCUT2D eigenvalue weighted by Crippen LogP contribution is -2.73. The zero-order valence-electron chi connectivity index (χ0n) is 28.0. The van der Waals surface area contributed by atoms with Gasteiger partial charge in [-0.05, 0) is 69.4 Å². The van der Waals surface area contributed by atoms with E-state index in [1.165, 1.54) is 52.0 Å². The zero-order valence-corrected chi connectivity index (χ0v) is 29.8. The number of halogens is 13. The van der Waals surface area contributed by atoms with Crippen molar-refractivity contribution in [2.75, 3.05) is 0 Å². The standard InChI is InChI=1S/C33H26BF13O3PS/c1-12-8-14(3)31(15(4)9-12)51(32-16(5)10-13(2)11-17(32)6)18(7)34(50-52(48,49)33(45,46)47,19-21(35)25(39)29(43)26(40)22(19)36)20-23(37)27(41)30(44)28(42)24(20)38/h8-11,18H,1-7H3/q-1/p+1/t18-/m1/s1. The zero-order chi connectivity index (χ0) is 39.7. The molecule has 1 atom stereocenters. The van der Waals surface area contributed by atoms with Gasteiger partial charge in [0.15, 0.2) is 34.9 Å². The van der Waals surface area contributed by atoms with E-state index in [4.69, 9.17) is 0 Å². The van der Waals surface area contributed by atoms with Gasteiger partial charge in [0.25, 0.3) is 0 Å². The molecule has 0 radical (unpaired) electrons. The summed E-state index contributed by atoms with van der Waals surface area (Å²) in [4.78, 5) is 0. The molecule has 0 spiro atoms. The number of aryl methyl sites for hydroxylation is 6. The van der Waals surface area contributed by atoms with Gasteiger partial charge in [-0.1, -0.05) is 53.2 Å². The normalized spacial score (nSPS) is 13.3. The van der Waals surface area contributed by atoms with Crippen molar-refractivity contribution >= 4 is 45.9 Å². The Balaban J connectivity index is 2.49. The van der Waals surface area contributed by atoms with Crippen LogP contribution in [0.2, 0.25) is 0 Å². The van der Waals surface area contributed by atoms with Gasteiger partial charge in [0.05, 0.1) is 10.6 Å². The van der Waals surface area contributed by atoms with Gasteiger partial charge in [-0.2, -0.15) is 21.6 Å². The van der Waals surface area contributed by atoms with E-state index < -0.39 is 105 Å². The van der Waals surface area contributed by atoms with E-state index in [1.54, 1.807) is 13.8 Å². The van der Waals surface area contributed by atoms with Crippen molar-refractivity contribution in [3.63, 3.8) is 0 Å². The van der Waals surface area contributed by atoms with Gasteiger partial charge in [0, 0.05) is 7.92 Å². The molecule has 52 heavy (non-hydrogen) atoms. The third kappa shape index (κ3) is 6.48. The predicted molar refractivity (Wildman–Crippen MR) is 172 cm³/mol. The lowest BCUT2D eigenvalue weighted by molar-refractivity contribution is -0.0502. The van der Waals surface area contributed by atoms with Crippen molar-refractivity contribution in [1.29, 1.82) is 0 Å². The van der Waals surface area contributed by atoms with Gasteiger partial charge < -0.3 is 4.10 Å². The Bertz CT molecular complexity index is 2010. The first-order chi connectivity index (χ1) is 23.7. The second-order valence-corrected chi connectivity index (χ2v) is 16.9. The Hall–Kier alpha value is -3.63.